The number of rotatable bonds is 4. The van der Waals surface area contributed by atoms with E-state index in [-0.39, 0.29) is 18.1 Å². The molecular formula is C12H14N2O5. The van der Waals surface area contributed by atoms with E-state index < -0.39 is 12.1 Å². The van der Waals surface area contributed by atoms with Gasteiger partial charge in [-0.05, 0) is 6.42 Å². The second kappa shape index (κ2) is 5.55. The molecule has 1 atom stereocenters. The number of hydrogen-bond acceptors (Lipinski definition) is 5. The molecule has 102 valence electrons. The summed E-state index contributed by atoms with van der Waals surface area (Å²) in [5, 5.41) is 12.7. The molecule has 0 aliphatic carbocycles. The third-order valence-electron chi connectivity index (χ3n) is 2.99. The van der Waals surface area contributed by atoms with Crippen molar-refractivity contribution in [3.8, 4) is 0 Å². The molecule has 1 N–H and O–H groups in total. The first-order valence-electron chi connectivity index (χ1n) is 5.83. The Morgan fingerprint density at radius 1 is 1.68 bits per heavy atom. The highest BCUT2D eigenvalue weighted by Crippen LogP contribution is 2.28. The molecule has 2 heterocycles. The number of aromatic carboxylic acids is 1. The van der Waals surface area contributed by atoms with Gasteiger partial charge in [0, 0.05) is 19.0 Å². The van der Waals surface area contributed by atoms with Gasteiger partial charge in [0.25, 0.3) is 0 Å². The van der Waals surface area contributed by atoms with Crippen LogP contribution in [-0.4, -0.2) is 46.9 Å². The Balaban J connectivity index is 2.01. The lowest BCUT2D eigenvalue weighted by atomic mass is 10.0. The number of hydrogen-bond donors (Lipinski definition) is 1. The van der Waals surface area contributed by atoms with Gasteiger partial charge in [0.05, 0.1) is 0 Å². The molecule has 1 unspecified atom stereocenters. The summed E-state index contributed by atoms with van der Waals surface area (Å²) in [7, 11) is 0. The maximum atomic E-state index is 11.6. The van der Waals surface area contributed by atoms with Crippen LogP contribution in [0.1, 0.15) is 28.4 Å². The summed E-state index contributed by atoms with van der Waals surface area (Å²) >= 11 is 0. The van der Waals surface area contributed by atoms with Crippen LogP contribution in [0.25, 0.3) is 0 Å². The highest BCUT2D eigenvalue weighted by Gasteiger charge is 2.32. The topological polar surface area (TPSA) is 92.9 Å². The smallest absolute Gasteiger partial charge is 0.410 e. The zero-order chi connectivity index (χ0) is 13.8. The van der Waals surface area contributed by atoms with Gasteiger partial charge in [-0.15, -0.1) is 0 Å². The third-order valence-corrected chi connectivity index (χ3v) is 2.99. The molecule has 1 saturated heterocycles. The summed E-state index contributed by atoms with van der Waals surface area (Å²) < 4.78 is 9.63. The molecule has 7 heteroatoms. The van der Waals surface area contributed by atoms with Gasteiger partial charge in [-0.25, -0.2) is 9.59 Å². The van der Waals surface area contributed by atoms with Crippen molar-refractivity contribution in [2.45, 2.75) is 12.3 Å². The maximum absolute atomic E-state index is 11.6. The van der Waals surface area contributed by atoms with Crippen molar-refractivity contribution in [1.82, 2.24) is 10.1 Å². The molecule has 1 amide bonds. The van der Waals surface area contributed by atoms with Gasteiger partial charge in [0.15, 0.2) is 0 Å². The van der Waals surface area contributed by atoms with Gasteiger partial charge < -0.3 is 19.3 Å². The predicted molar refractivity (Wildman–Crippen MR) is 63.9 cm³/mol. The fourth-order valence-electron chi connectivity index (χ4n) is 2.07. The first-order valence-corrected chi connectivity index (χ1v) is 5.83. The predicted octanol–water partition coefficient (Wildman–Crippen LogP) is 1.48. The summed E-state index contributed by atoms with van der Waals surface area (Å²) in [6.07, 6.45) is 2.81. The molecule has 0 bridgehead atoms. The maximum Gasteiger partial charge on any atom is 0.410 e. The minimum Gasteiger partial charge on any atom is -0.478 e. The summed E-state index contributed by atoms with van der Waals surface area (Å²) in [5.41, 5.74) is 0.429. The Morgan fingerprint density at radius 2 is 2.47 bits per heavy atom. The van der Waals surface area contributed by atoms with E-state index in [9.17, 15) is 9.59 Å². The van der Waals surface area contributed by atoms with Crippen molar-refractivity contribution in [3.05, 3.63) is 30.2 Å². The largest absolute Gasteiger partial charge is 0.478 e. The number of aromatic nitrogens is 1. The monoisotopic (exact) mass is 266 g/mol. The van der Waals surface area contributed by atoms with Crippen molar-refractivity contribution < 1.29 is 24.0 Å². The molecule has 1 aromatic heterocycles. The lowest BCUT2D eigenvalue weighted by Gasteiger charge is -2.15. The number of nitrogens with zero attached hydrogens (tertiary/aromatic N) is 2. The van der Waals surface area contributed by atoms with Crippen LogP contribution in [0.4, 0.5) is 4.79 Å². The highest BCUT2D eigenvalue weighted by molar-refractivity contribution is 5.88. The van der Waals surface area contributed by atoms with Crippen LogP contribution in [0.2, 0.25) is 0 Å². The van der Waals surface area contributed by atoms with Gasteiger partial charge in [0.2, 0.25) is 0 Å². The molecule has 1 aromatic rings. The fraction of sp³-hybridized carbons (Fsp3) is 0.417. The number of amides is 1. The van der Waals surface area contributed by atoms with E-state index in [2.05, 4.69) is 11.7 Å². The van der Waals surface area contributed by atoms with Crippen LogP contribution in [0, 0.1) is 0 Å². The highest BCUT2D eigenvalue weighted by atomic mass is 16.6. The van der Waals surface area contributed by atoms with E-state index in [0.29, 0.717) is 25.2 Å². The number of carboxylic acid groups (broad SMARTS) is 1. The average Bonchev–Trinajstić information content (AvgIpc) is 3.02. The van der Waals surface area contributed by atoms with E-state index in [4.69, 9.17) is 14.4 Å². The van der Waals surface area contributed by atoms with Crippen LogP contribution in [0.15, 0.2) is 23.4 Å². The zero-order valence-electron chi connectivity index (χ0n) is 10.2. The zero-order valence-corrected chi connectivity index (χ0v) is 10.2. The first-order chi connectivity index (χ1) is 9.13. The van der Waals surface area contributed by atoms with Crippen molar-refractivity contribution in [3.63, 3.8) is 0 Å². The molecule has 1 aliphatic heterocycles. The number of ether oxygens (including phenoxy) is 1. The SMILES string of the molecule is C=CCOC(=O)N1CCC(c2nocc2C(=O)O)C1. The quantitative estimate of drug-likeness (QED) is 0.830. The minimum absolute atomic E-state index is 0.0475. The summed E-state index contributed by atoms with van der Waals surface area (Å²) in [5.74, 6) is -1.22. The van der Waals surface area contributed by atoms with Crippen molar-refractivity contribution in [2.75, 3.05) is 19.7 Å². The molecule has 19 heavy (non-hydrogen) atoms. The van der Waals surface area contributed by atoms with Crippen molar-refractivity contribution in [1.29, 1.82) is 0 Å². The number of carbonyl (C=O) groups excluding carboxylic acids is 1. The standard InChI is InChI=1S/C12H14N2O5/c1-2-5-18-12(17)14-4-3-8(6-14)10-9(11(15)16)7-19-13-10/h2,7-8H,1,3-6H2,(H,15,16). The average molecular weight is 266 g/mol. The van der Waals surface area contributed by atoms with E-state index in [1.54, 1.807) is 0 Å². The molecule has 0 spiro atoms. The Kier molecular flexibility index (Phi) is 3.84. The number of carboxylic acids is 1. The molecular weight excluding hydrogens is 252 g/mol. The Labute approximate surface area is 109 Å². The van der Waals surface area contributed by atoms with Crippen LogP contribution in [0.5, 0.6) is 0 Å². The van der Waals surface area contributed by atoms with Gasteiger partial charge in [-0.2, -0.15) is 0 Å². The minimum atomic E-state index is -1.08. The first kappa shape index (κ1) is 13.1. The van der Waals surface area contributed by atoms with Crippen LogP contribution >= 0.6 is 0 Å². The number of carbonyl (C=O) groups is 2. The molecule has 0 saturated carbocycles. The van der Waals surface area contributed by atoms with Gasteiger partial charge in [-0.3, -0.25) is 0 Å². The van der Waals surface area contributed by atoms with E-state index in [0.717, 1.165) is 6.26 Å². The van der Waals surface area contributed by atoms with Gasteiger partial charge >= 0.3 is 12.1 Å². The Hall–Kier alpha value is -2.31. The molecule has 0 radical (unpaired) electrons. The lowest BCUT2D eigenvalue weighted by Crippen LogP contribution is -2.29. The molecule has 0 aromatic carbocycles. The van der Waals surface area contributed by atoms with E-state index in [1.165, 1.54) is 11.0 Å². The third kappa shape index (κ3) is 2.75. The molecule has 1 fully saturated rings. The van der Waals surface area contributed by atoms with Gasteiger partial charge in [-0.1, -0.05) is 17.8 Å². The molecule has 7 nitrogen and oxygen atoms in total. The summed E-state index contributed by atoms with van der Waals surface area (Å²) in [6.45, 7) is 4.50. The molecule has 2 rings (SSSR count). The van der Waals surface area contributed by atoms with Crippen molar-refractivity contribution >= 4 is 12.1 Å². The number of likely N-dealkylation sites (tertiary alicyclic amines) is 1. The second-order valence-corrected chi connectivity index (χ2v) is 4.22. The Morgan fingerprint density at radius 3 is 3.16 bits per heavy atom. The Bertz CT molecular complexity index is 496. The van der Waals surface area contributed by atoms with Gasteiger partial charge in [0.1, 0.15) is 24.1 Å². The van der Waals surface area contributed by atoms with Crippen LogP contribution in [0.3, 0.4) is 0 Å². The normalized spacial score (nSPS) is 18.3. The van der Waals surface area contributed by atoms with E-state index >= 15 is 0 Å². The van der Waals surface area contributed by atoms with Crippen LogP contribution < -0.4 is 0 Å². The molecule has 1 aliphatic rings. The summed E-state index contributed by atoms with van der Waals surface area (Å²) in [4.78, 5) is 24.1. The summed E-state index contributed by atoms with van der Waals surface area (Å²) in [6, 6.07) is 0. The van der Waals surface area contributed by atoms with E-state index in [1.807, 2.05) is 0 Å². The fourth-order valence-corrected chi connectivity index (χ4v) is 2.07. The van der Waals surface area contributed by atoms with Crippen LogP contribution in [-0.2, 0) is 4.74 Å². The van der Waals surface area contributed by atoms with Crippen molar-refractivity contribution in [2.24, 2.45) is 0 Å². The lowest BCUT2D eigenvalue weighted by molar-refractivity contribution is 0.0694. The second-order valence-electron chi connectivity index (χ2n) is 4.22.